The second-order valence-electron chi connectivity index (χ2n) is 8.42. The van der Waals surface area contributed by atoms with E-state index in [1.54, 1.807) is 12.1 Å². The molecule has 4 aromatic rings. The molecule has 0 radical (unpaired) electrons. The Hall–Kier alpha value is -4.05. The van der Waals surface area contributed by atoms with Gasteiger partial charge < -0.3 is 14.8 Å². The summed E-state index contributed by atoms with van der Waals surface area (Å²) in [7, 11) is 0. The fourth-order valence-electron chi connectivity index (χ4n) is 3.84. The molecule has 6 nitrogen and oxygen atoms in total. The van der Waals surface area contributed by atoms with Crippen molar-refractivity contribution in [1.82, 2.24) is 5.43 Å². The van der Waals surface area contributed by atoms with Crippen molar-refractivity contribution in [2.24, 2.45) is 5.10 Å². The van der Waals surface area contributed by atoms with E-state index < -0.39 is 17.6 Å². The minimum atomic E-state index is -4.46. The number of hydrogen-bond acceptors (Lipinski definition) is 5. The zero-order valence-electron chi connectivity index (χ0n) is 20.9. The van der Waals surface area contributed by atoms with E-state index in [1.165, 1.54) is 18.3 Å². The summed E-state index contributed by atoms with van der Waals surface area (Å²) in [5.41, 5.74) is 3.40. The Balaban J connectivity index is 1.39. The Morgan fingerprint density at radius 3 is 2.56 bits per heavy atom. The normalized spacial score (nSPS) is 11.5. The highest BCUT2D eigenvalue weighted by atomic mass is 79.9. The van der Waals surface area contributed by atoms with Gasteiger partial charge in [-0.05, 0) is 75.1 Å². The number of alkyl halides is 3. The van der Waals surface area contributed by atoms with Crippen molar-refractivity contribution in [3.8, 4) is 11.5 Å². The van der Waals surface area contributed by atoms with E-state index in [0.29, 0.717) is 34.7 Å². The first-order valence-corrected chi connectivity index (χ1v) is 12.8. The molecule has 10 heteroatoms. The van der Waals surface area contributed by atoms with Crippen LogP contribution in [0.5, 0.6) is 11.5 Å². The summed E-state index contributed by atoms with van der Waals surface area (Å²) < 4.78 is 51.2. The maximum Gasteiger partial charge on any atom is 0.416 e. The third-order valence-electron chi connectivity index (χ3n) is 5.63. The van der Waals surface area contributed by atoms with Gasteiger partial charge in [-0.2, -0.15) is 18.3 Å². The largest absolute Gasteiger partial charge is 0.490 e. The van der Waals surface area contributed by atoms with Gasteiger partial charge in [-0.3, -0.25) is 4.79 Å². The summed E-state index contributed by atoms with van der Waals surface area (Å²) in [5, 5.41) is 8.84. The molecule has 0 bridgehead atoms. The van der Waals surface area contributed by atoms with Crippen LogP contribution in [0.2, 0.25) is 0 Å². The van der Waals surface area contributed by atoms with Crippen molar-refractivity contribution in [2.45, 2.75) is 19.7 Å². The van der Waals surface area contributed by atoms with Crippen LogP contribution in [-0.2, 0) is 17.6 Å². The van der Waals surface area contributed by atoms with E-state index in [-0.39, 0.29) is 12.2 Å². The molecule has 2 N–H and O–H groups in total. The lowest BCUT2D eigenvalue weighted by Crippen LogP contribution is -2.26. The molecule has 0 heterocycles. The fraction of sp³-hybridized carbons (Fsp3) is 0.172. The summed E-state index contributed by atoms with van der Waals surface area (Å²) in [6.07, 6.45) is -3.03. The molecular weight excluding hydrogens is 575 g/mol. The summed E-state index contributed by atoms with van der Waals surface area (Å²) in [5.74, 6) is 0.519. The number of anilines is 1. The van der Waals surface area contributed by atoms with Gasteiger partial charge in [0.2, 0.25) is 0 Å². The second-order valence-corrected chi connectivity index (χ2v) is 9.27. The summed E-state index contributed by atoms with van der Waals surface area (Å²) in [6, 6.07) is 22.3. The molecule has 0 atom stereocenters. The molecule has 0 fully saturated rings. The molecule has 0 aliphatic carbocycles. The van der Waals surface area contributed by atoms with Crippen LogP contribution in [0.1, 0.15) is 23.6 Å². The molecule has 1 amide bonds. The Morgan fingerprint density at radius 1 is 1.00 bits per heavy atom. The van der Waals surface area contributed by atoms with Crippen molar-refractivity contribution in [2.75, 3.05) is 18.5 Å². The van der Waals surface area contributed by atoms with Gasteiger partial charge in [0.05, 0.1) is 29.4 Å². The number of ether oxygens (including phenoxy) is 2. The molecule has 0 aromatic heterocycles. The average Bonchev–Trinajstić information content (AvgIpc) is 2.91. The number of rotatable bonds is 10. The summed E-state index contributed by atoms with van der Waals surface area (Å²) in [4.78, 5) is 12.1. The number of hydrazone groups is 1. The summed E-state index contributed by atoms with van der Waals surface area (Å²) in [6.45, 7) is 2.35. The van der Waals surface area contributed by atoms with E-state index in [9.17, 15) is 18.0 Å². The minimum absolute atomic E-state index is 0.174. The molecular formula is C29H25BrF3N3O3. The molecule has 202 valence electrons. The zero-order chi connectivity index (χ0) is 27.8. The second kappa shape index (κ2) is 12.7. The fourth-order valence-corrected chi connectivity index (χ4v) is 4.41. The highest BCUT2D eigenvalue weighted by Crippen LogP contribution is 2.37. The third kappa shape index (κ3) is 7.51. The molecule has 0 saturated carbocycles. The lowest BCUT2D eigenvalue weighted by Gasteiger charge is -2.15. The number of hydrogen-bond donors (Lipinski definition) is 2. The number of halogens is 4. The Morgan fingerprint density at radius 2 is 1.77 bits per heavy atom. The van der Waals surface area contributed by atoms with Crippen molar-refractivity contribution in [3.63, 3.8) is 0 Å². The van der Waals surface area contributed by atoms with Crippen LogP contribution in [-0.4, -0.2) is 25.3 Å². The SMILES string of the molecule is CCOc1cc(/C=N\NC(=O)CNc2cccc(C(F)(F)F)c2)cc(Br)c1OCc1cccc2ccccc12. The van der Waals surface area contributed by atoms with Gasteiger partial charge in [-0.15, -0.1) is 0 Å². The highest BCUT2D eigenvalue weighted by Gasteiger charge is 2.30. The first kappa shape index (κ1) is 28.0. The molecule has 4 aromatic carbocycles. The Kier molecular flexibility index (Phi) is 9.08. The Labute approximate surface area is 231 Å². The lowest BCUT2D eigenvalue weighted by molar-refractivity contribution is -0.137. The van der Waals surface area contributed by atoms with Crippen LogP contribution < -0.4 is 20.2 Å². The number of nitrogens with one attached hydrogen (secondary N) is 2. The van der Waals surface area contributed by atoms with Gasteiger partial charge in [0.15, 0.2) is 11.5 Å². The number of amides is 1. The minimum Gasteiger partial charge on any atom is -0.490 e. The first-order valence-electron chi connectivity index (χ1n) is 12.0. The number of fused-ring (bicyclic) bond motifs is 1. The lowest BCUT2D eigenvalue weighted by atomic mass is 10.1. The third-order valence-corrected chi connectivity index (χ3v) is 6.22. The zero-order valence-corrected chi connectivity index (χ0v) is 22.5. The molecule has 0 unspecified atom stereocenters. The average molecular weight is 600 g/mol. The molecule has 39 heavy (non-hydrogen) atoms. The Bertz CT molecular complexity index is 1490. The summed E-state index contributed by atoms with van der Waals surface area (Å²) >= 11 is 3.54. The molecule has 4 rings (SSSR count). The van der Waals surface area contributed by atoms with Gasteiger partial charge >= 0.3 is 6.18 Å². The van der Waals surface area contributed by atoms with Crippen LogP contribution in [0.4, 0.5) is 18.9 Å². The number of carbonyl (C=O) groups excluding carboxylic acids is 1. The van der Waals surface area contributed by atoms with Crippen molar-refractivity contribution < 1.29 is 27.4 Å². The highest BCUT2D eigenvalue weighted by molar-refractivity contribution is 9.10. The van der Waals surface area contributed by atoms with E-state index in [0.717, 1.165) is 28.5 Å². The van der Waals surface area contributed by atoms with Crippen LogP contribution >= 0.6 is 15.9 Å². The standard InChI is InChI=1S/C29H25BrF3N3O3/c1-2-38-26-14-19(16-35-36-27(37)17-34-23-11-6-10-22(15-23)29(31,32)33)13-25(30)28(26)39-18-21-9-5-8-20-7-3-4-12-24(20)21/h3-16,34H,2,17-18H2,1H3,(H,36,37)/b35-16-. The van der Waals surface area contributed by atoms with Gasteiger partial charge in [0.25, 0.3) is 5.91 Å². The maximum absolute atomic E-state index is 12.9. The van der Waals surface area contributed by atoms with Crippen molar-refractivity contribution in [3.05, 3.63) is 100 Å². The number of nitrogens with zero attached hydrogens (tertiary/aromatic N) is 1. The van der Waals surface area contributed by atoms with Crippen LogP contribution in [0.15, 0.2) is 88.4 Å². The number of benzene rings is 4. The maximum atomic E-state index is 12.9. The topological polar surface area (TPSA) is 72.0 Å². The predicted octanol–water partition coefficient (Wildman–Crippen LogP) is 7.16. The van der Waals surface area contributed by atoms with Gasteiger partial charge in [0, 0.05) is 5.69 Å². The predicted molar refractivity (Wildman–Crippen MR) is 149 cm³/mol. The van der Waals surface area contributed by atoms with Gasteiger partial charge in [-0.1, -0.05) is 48.5 Å². The quantitative estimate of drug-likeness (QED) is 0.150. The van der Waals surface area contributed by atoms with Gasteiger partial charge in [-0.25, -0.2) is 5.43 Å². The van der Waals surface area contributed by atoms with Crippen molar-refractivity contribution >= 4 is 44.5 Å². The van der Waals surface area contributed by atoms with Crippen LogP contribution in [0, 0.1) is 0 Å². The number of carbonyl (C=O) groups is 1. The smallest absolute Gasteiger partial charge is 0.416 e. The van der Waals surface area contributed by atoms with Crippen LogP contribution in [0.25, 0.3) is 10.8 Å². The molecule has 0 spiro atoms. The first-order chi connectivity index (χ1) is 18.7. The van der Waals surface area contributed by atoms with E-state index in [2.05, 4.69) is 50.0 Å². The molecule has 0 aliphatic heterocycles. The monoisotopic (exact) mass is 599 g/mol. The van der Waals surface area contributed by atoms with E-state index in [1.807, 2.05) is 31.2 Å². The van der Waals surface area contributed by atoms with Crippen molar-refractivity contribution in [1.29, 1.82) is 0 Å². The van der Waals surface area contributed by atoms with Gasteiger partial charge in [0.1, 0.15) is 6.61 Å². The van der Waals surface area contributed by atoms with E-state index >= 15 is 0 Å². The molecule has 0 saturated heterocycles. The molecule has 0 aliphatic rings. The van der Waals surface area contributed by atoms with Crippen LogP contribution in [0.3, 0.4) is 0 Å². The van der Waals surface area contributed by atoms with E-state index in [4.69, 9.17) is 9.47 Å².